The van der Waals surface area contributed by atoms with Crippen molar-refractivity contribution < 1.29 is 19.0 Å². The zero-order valence-electron chi connectivity index (χ0n) is 18.3. The van der Waals surface area contributed by atoms with Gasteiger partial charge in [-0.3, -0.25) is 4.79 Å². The highest BCUT2D eigenvalue weighted by Crippen LogP contribution is 2.36. The highest BCUT2D eigenvalue weighted by molar-refractivity contribution is 6.32. The summed E-state index contributed by atoms with van der Waals surface area (Å²) >= 11 is 12.4. The molecule has 1 N–H and O–H groups in total. The molecule has 0 fully saturated rings. The summed E-state index contributed by atoms with van der Waals surface area (Å²) in [6, 6.07) is 17.6. The van der Waals surface area contributed by atoms with E-state index in [2.05, 4.69) is 10.5 Å². The Morgan fingerprint density at radius 1 is 1.06 bits per heavy atom. The summed E-state index contributed by atoms with van der Waals surface area (Å²) in [5.74, 6) is 1.23. The van der Waals surface area contributed by atoms with Gasteiger partial charge >= 0.3 is 0 Å². The number of hydrogen-bond acceptors (Lipinski definition) is 5. The Kier molecular flexibility index (Phi) is 8.98. The molecule has 0 unspecified atom stereocenters. The van der Waals surface area contributed by atoms with E-state index in [4.69, 9.17) is 37.4 Å². The fourth-order valence-electron chi connectivity index (χ4n) is 2.89. The van der Waals surface area contributed by atoms with Gasteiger partial charge in [-0.05, 0) is 66.1 Å². The van der Waals surface area contributed by atoms with E-state index in [-0.39, 0.29) is 12.5 Å². The number of benzene rings is 3. The van der Waals surface area contributed by atoms with Crippen molar-refractivity contribution in [2.45, 2.75) is 20.0 Å². The van der Waals surface area contributed by atoms with Gasteiger partial charge in [0.2, 0.25) is 0 Å². The SMILES string of the molecule is CCCOc1ccc(C(=O)N/N=C\c2cc(Cl)c(OCc3cccc(Cl)c3)c(OC)c2)cc1. The van der Waals surface area contributed by atoms with Crippen molar-refractivity contribution in [2.24, 2.45) is 5.10 Å². The smallest absolute Gasteiger partial charge is 0.271 e. The largest absolute Gasteiger partial charge is 0.494 e. The molecular weight excluding hydrogens is 463 g/mol. The molecular formula is C25H24Cl2N2O4. The minimum Gasteiger partial charge on any atom is -0.494 e. The molecule has 172 valence electrons. The van der Waals surface area contributed by atoms with Gasteiger partial charge < -0.3 is 14.2 Å². The Balaban J connectivity index is 1.63. The topological polar surface area (TPSA) is 69.2 Å². The zero-order valence-corrected chi connectivity index (χ0v) is 19.8. The second kappa shape index (κ2) is 12.1. The lowest BCUT2D eigenvalue weighted by Gasteiger charge is -2.13. The molecule has 0 saturated carbocycles. The number of halogens is 2. The molecule has 0 aliphatic carbocycles. The Labute approximate surface area is 203 Å². The first-order valence-electron chi connectivity index (χ1n) is 10.3. The quantitative estimate of drug-likeness (QED) is 0.276. The number of amides is 1. The summed E-state index contributed by atoms with van der Waals surface area (Å²) in [5, 5.41) is 5.00. The molecule has 0 heterocycles. The number of methoxy groups -OCH3 is 1. The summed E-state index contributed by atoms with van der Waals surface area (Å²) < 4.78 is 16.8. The van der Waals surface area contributed by atoms with Gasteiger partial charge in [0.05, 0.1) is 25.0 Å². The fourth-order valence-corrected chi connectivity index (χ4v) is 3.38. The molecule has 0 radical (unpaired) electrons. The first-order valence-corrected chi connectivity index (χ1v) is 11.1. The van der Waals surface area contributed by atoms with E-state index in [1.165, 1.54) is 13.3 Å². The molecule has 0 aliphatic rings. The number of nitrogens with one attached hydrogen (secondary N) is 1. The maximum absolute atomic E-state index is 12.3. The fraction of sp³-hybridized carbons (Fsp3) is 0.200. The molecule has 3 aromatic rings. The lowest BCUT2D eigenvalue weighted by molar-refractivity contribution is 0.0955. The van der Waals surface area contributed by atoms with Crippen LogP contribution in [0.4, 0.5) is 0 Å². The van der Waals surface area contributed by atoms with Gasteiger partial charge in [-0.15, -0.1) is 0 Å². The zero-order chi connectivity index (χ0) is 23.6. The van der Waals surface area contributed by atoms with Crippen molar-refractivity contribution in [2.75, 3.05) is 13.7 Å². The Bertz CT molecular complexity index is 1120. The van der Waals surface area contributed by atoms with Crippen LogP contribution >= 0.6 is 23.2 Å². The van der Waals surface area contributed by atoms with Gasteiger partial charge in [-0.1, -0.05) is 42.3 Å². The molecule has 3 rings (SSSR count). The van der Waals surface area contributed by atoms with Gasteiger partial charge in [0.15, 0.2) is 11.5 Å². The molecule has 0 aromatic heterocycles. The third-order valence-corrected chi connectivity index (χ3v) is 5.01. The van der Waals surface area contributed by atoms with Gasteiger partial charge in [0, 0.05) is 10.6 Å². The normalized spacial score (nSPS) is 10.8. The maximum atomic E-state index is 12.3. The van der Waals surface area contributed by atoms with Gasteiger partial charge in [-0.25, -0.2) is 5.43 Å². The second-order valence-corrected chi connectivity index (χ2v) is 7.87. The third-order valence-electron chi connectivity index (χ3n) is 4.49. The predicted molar refractivity (Wildman–Crippen MR) is 131 cm³/mol. The Morgan fingerprint density at radius 3 is 2.55 bits per heavy atom. The van der Waals surface area contributed by atoms with Crippen LogP contribution in [-0.4, -0.2) is 25.8 Å². The molecule has 0 atom stereocenters. The summed E-state index contributed by atoms with van der Waals surface area (Å²) in [7, 11) is 1.52. The third kappa shape index (κ3) is 7.14. The van der Waals surface area contributed by atoms with Crippen LogP contribution in [0.2, 0.25) is 10.0 Å². The maximum Gasteiger partial charge on any atom is 0.271 e. The molecule has 3 aromatic carbocycles. The minimum atomic E-state index is -0.340. The number of rotatable bonds is 10. The van der Waals surface area contributed by atoms with Crippen molar-refractivity contribution in [1.82, 2.24) is 5.43 Å². The van der Waals surface area contributed by atoms with Gasteiger partial charge in [0.1, 0.15) is 12.4 Å². The van der Waals surface area contributed by atoms with E-state index >= 15 is 0 Å². The lowest BCUT2D eigenvalue weighted by Crippen LogP contribution is -2.17. The Hall–Kier alpha value is -3.22. The van der Waals surface area contributed by atoms with E-state index in [1.54, 1.807) is 42.5 Å². The Morgan fingerprint density at radius 2 is 1.85 bits per heavy atom. The highest BCUT2D eigenvalue weighted by Gasteiger charge is 2.12. The van der Waals surface area contributed by atoms with Crippen LogP contribution in [0.1, 0.15) is 34.8 Å². The molecule has 8 heteroatoms. The number of ether oxygens (including phenoxy) is 3. The molecule has 0 spiro atoms. The van der Waals surface area contributed by atoms with Crippen LogP contribution in [0.5, 0.6) is 17.2 Å². The van der Waals surface area contributed by atoms with Gasteiger partial charge in [-0.2, -0.15) is 5.10 Å². The lowest BCUT2D eigenvalue weighted by atomic mass is 10.2. The summed E-state index contributed by atoms with van der Waals surface area (Å²) in [5.41, 5.74) is 4.50. The predicted octanol–water partition coefficient (Wildman–Crippen LogP) is 6.13. The molecule has 0 bridgehead atoms. The van der Waals surface area contributed by atoms with Crippen LogP contribution < -0.4 is 19.6 Å². The van der Waals surface area contributed by atoms with Crippen molar-refractivity contribution in [3.05, 3.63) is 87.4 Å². The number of carbonyl (C=O) groups excluding carboxylic acids is 1. The summed E-state index contributed by atoms with van der Waals surface area (Å²) in [4.78, 5) is 12.3. The van der Waals surface area contributed by atoms with E-state index in [0.717, 1.165) is 17.7 Å². The first-order chi connectivity index (χ1) is 16.0. The number of hydrazone groups is 1. The molecule has 6 nitrogen and oxygen atoms in total. The van der Waals surface area contributed by atoms with Crippen LogP contribution in [0.15, 0.2) is 65.8 Å². The number of carbonyl (C=O) groups is 1. The van der Waals surface area contributed by atoms with Crippen molar-refractivity contribution in [3.8, 4) is 17.2 Å². The van der Waals surface area contributed by atoms with Gasteiger partial charge in [0.25, 0.3) is 5.91 Å². The molecule has 33 heavy (non-hydrogen) atoms. The average Bonchev–Trinajstić information content (AvgIpc) is 2.82. The standard InChI is InChI=1S/C25H24Cl2N2O4/c1-3-11-32-21-9-7-19(8-10-21)25(30)29-28-15-18-13-22(27)24(23(14-18)31-2)33-16-17-5-4-6-20(26)12-17/h4-10,12-15H,3,11,16H2,1-2H3,(H,29,30)/b28-15-. The number of nitrogens with zero attached hydrogens (tertiary/aromatic N) is 1. The highest BCUT2D eigenvalue weighted by atomic mass is 35.5. The molecule has 1 amide bonds. The van der Waals surface area contributed by atoms with E-state index in [0.29, 0.717) is 39.3 Å². The van der Waals surface area contributed by atoms with Crippen LogP contribution in [0.3, 0.4) is 0 Å². The van der Waals surface area contributed by atoms with Crippen molar-refractivity contribution in [1.29, 1.82) is 0 Å². The van der Waals surface area contributed by atoms with E-state index in [9.17, 15) is 4.79 Å². The van der Waals surface area contributed by atoms with E-state index < -0.39 is 0 Å². The second-order valence-electron chi connectivity index (χ2n) is 7.02. The summed E-state index contributed by atoms with van der Waals surface area (Å²) in [6.07, 6.45) is 2.40. The van der Waals surface area contributed by atoms with E-state index in [1.807, 2.05) is 25.1 Å². The van der Waals surface area contributed by atoms with Crippen molar-refractivity contribution in [3.63, 3.8) is 0 Å². The van der Waals surface area contributed by atoms with Crippen LogP contribution in [0, 0.1) is 0 Å². The molecule has 0 saturated heterocycles. The first kappa shape index (κ1) is 24.4. The minimum absolute atomic E-state index is 0.280. The van der Waals surface area contributed by atoms with Crippen molar-refractivity contribution >= 4 is 35.3 Å². The number of hydrogen-bond donors (Lipinski definition) is 1. The van der Waals surface area contributed by atoms with Crippen LogP contribution in [-0.2, 0) is 6.61 Å². The monoisotopic (exact) mass is 486 g/mol. The average molecular weight is 487 g/mol. The summed E-state index contributed by atoms with van der Waals surface area (Å²) in [6.45, 7) is 2.94. The van der Waals surface area contributed by atoms with Crippen LogP contribution in [0.25, 0.3) is 0 Å². The molecule has 0 aliphatic heterocycles.